The Morgan fingerprint density at radius 3 is 1.54 bits per heavy atom. The van der Waals surface area contributed by atoms with Gasteiger partial charge in [-0.15, -0.1) is 0 Å². The largest absolute Gasteiger partial charge is 0.308 e. The molecule has 0 aromatic heterocycles. The summed E-state index contributed by atoms with van der Waals surface area (Å²) < 4.78 is 0. The number of rotatable bonds is 9. The van der Waals surface area contributed by atoms with Crippen LogP contribution in [0.4, 0.5) is 0 Å². The fraction of sp³-hybridized carbons (Fsp3) is 0.217. The van der Waals surface area contributed by atoms with Gasteiger partial charge >= 0.3 is 0 Å². The molecule has 7 rings (SSSR count). The summed E-state index contributed by atoms with van der Waals surface area (Å²) in [5.41, 5.74) is 1.46. The van der Waals surface area contributed by atoms with Crippen molar-refractivity contribution in [3.63, 3.8) is 0 Å². The molecule has 0 aliphatic heterocycles. The van der Waals surface area contributed by atoms with Crippen LogP contribution >= 0.6 is 15.8 Å². The van der Waals surface area contributed by atoms with E-state index in [0.29, 0.717) is 17.6 Å². The topological polar surface area (TPSA) is 36.2 Å². The minimum atomic E-state index is -0.624. The molecule has 1 saturated carbocycles. The van der Waals surface area contributed by atoms with Gasteiger partial charge in [0.25, 0.3) is 0 Å². The minimum absolute atomic E-state index is 0.378. The molecule has 1 fully saturated rings. The van der Waals surface area contributed by atoms with Crippen molar-refractivity contribution in [2.75, 3.05) is 0 Å². The van der Waals surface area contributed by atoms with Crippen LogP contribution in [0.1, 0.15) is 51.5 Å². The lowest BCUT2D eigenvalue weighted by Gasteiger charge is -2.31. The molecule has 2 aliphatic carbocycles. The van der Waals surface area contributed by atoms with E-state index in [9.17, 15) is 0 Å². The smallest absolute Gasteiger partial charge is 0.0496 e. The molecule has 0 saturated heterocycles. The van der Waals surface area contributed by atoms with Gasteiger partial charge in [-0.1, -0.05) is 203 Å². The number of hydrogen-bond donors (Lipinski definition) is 1. The van der Waals surface area contributed by atoms with E-state index >= 15 is 0 Å². The summed E-state index contributed by atoms with van der Waals surface area (Å²) >= 11 is 0. The van der Waals surface area contributed by atoms with Crippen LogP contribution in [0.25, 0.3) is 0 Å². The molecule has 50 heavy (non-hydrogen) atoms. The quantitative estimate of drug-likeness (QED) is 0.118. The molecule has 0 spiro atoms. The summed E-state index contributed by atoms with van der Waals surface area (Å²) in [5.74, 6) is 0.378. The summed E-state index contributed by atoms with van der Waals surface area (Å²) in [6, 6.07) is 52.0. The van der Waals surface area contributed by atoms with Crippen molar-refractivity contribution in [2.45, 2.75) is 57.7 Å². The first-order chi connectivity index (χ1) is 24.8. The predicted octanol–water partition coefficient (Wildman–Crippen LogP) is 10.1. The highest BCUT2D eigenvalue weighted by Gasteiger charge is 2.29. The van der Waals surface area contributed by atoms with E-state index in [0.717, 1.165) is 5.56 Å². The molecule has 0 amide bonds. The van der Waals surface area contributed by atoms with Crippen molar-refractivity contribution < 1.29 is 0 Å². The number of nitrogens with zero attached hydrogens (tertiary/aromatic N) is 1. The van der Waals surface area contributed by atoms with Crippen LogP contribution in [0.15, 0.2) is 175 Å². The molecule has 2 aliphatic rings. The lowest BCUT2D eigenvalue weighted by atomic mass is 9.95. The highest BCUT2D eigenvalue weighted by molar-refractivity contribution is 7.80. The highest BCUT2D eigenvalue weighted by atomic mass is 31.1. The van der Waals surface area contributed by atoms with Crippen LogP contribution in [0.2, 0.25) is 0 Å². The summed E-state index contributed by atoms with van der Waals surface area (Å²) in [6.45, 7) is 4.00. The van der Waals surface area contributed by atoms with Gasteiger partial charge in [0, 0.05) is 35.6 Å². The zero-order valence-corrected chi connectivity index (χ0v) is 31.2. The van der Waals surface area contributed by atoms with Crippen LogP contribution in [0.3, 0.4) is 0 Å². The van der Waals surface area contributed by atoms with Gasteiger partial charge in [-0.2, -0.15) is 0 Å². The molecular formula is C46H50N2P2. The lowest BCUT2D eigenvalue weighted by Crippen LogP contribution is -2.28. The fourth-order valence-electron chi connectivity index (χ4n) is 6.52. The Bertz CT molecular complexity index is 1700. The predicted molar refractivity (Wildman–Crippen MR) is 224 cm³/mol. The number of aliphatic imine (C=N–C) groups is 1. The molecular weight excluding hydrogens is 642 g/mol. The fourth-order valence-corrected chi connectivity index (χ4v) is 11.7. The first-order valence-electron chi connectivity index (χ1n) is 18.1. The first kappa shape index (κ1) is 37.0. The van der Waals surface area contributed by atoms with E-state index in [2.05, 4.69) is 152 Å². The minimum Gasteiger partial charge on any atom is -0.308 e. The van der Waals surface area contributed by atoms with Crippen molar-refractivity contribution in [3.05, 3.63) is 175 Å². The summed E-state index contributed by atoms with van der Waals surface area (Å²) in [6.07, 6.45) is 19.5. The lowest BCUT2D eigenvalue weighted by molar-refractivity contribution is 0.443. The van der Waals surface area contributed by atoms with Crippen LogP contribution in [-0.4, -0.2) is 24.1 Å². The molecule has 2 atom stereocenters. The molecule has 5 aromatic carbocycles. The van der Waals surface area contributed by atoms with Gasteiger partial charge < -0.3 is 5.41 Å². The molecule has 2 unspecified atom stereocenters. The molecule has 5 aromatic rings. The SMILES string of the molecule is C1=CC(C=NC2CCCCC2)C(P(c2ccccc2)c2ccccc2)C=C1.CC.N=Cc1ccccc1P(c1ccccc1)c1ccccc1. The van der Waals surface area contributed by atoms with Gasteiger partial charge in [-0.05, 0) is 55.2 Å². The molecule has 0 heterocycles. The molecule has 254 valence electrons. The average molecular weight is 693 g/mol. The Hall–Kier alpha value is -4.22. The molecule has 1 N–H and O–H groups in total. The second kappa shape index (κ2) is 20.5. The third-order valence-electron chi connectivity index (χ3n) is 8.92. The normalized spacial score (nSPS) is 17.1. The zero-order valence-electron chi connectivity index (χ0n) is 29.4. The Kier molecular flexibility index (Phi) is 15.2. The van der Waals surface area contributed by atoms with Crippen LogP contribution in [-0.2, 0) is 0 Å². The maximum absolute atomic E-state index is 7.69. The summed E-state index contributed by atoms with van der Waals surface area (Å²) in [5, 5.41) is 14.4. The van der Waals surface area contributed by atoms with Crippen molar-refractivity contribution in [3.8, 4) is 0 Å². The van der Waals surface area contributed by atoms with Gasteiger partial charge in [0.2, 0.25) is 0 Å². The summed E-state index contributed by atoms with van der Waals surface area (Å²) in [4.78, 5) is 5.03. The van der Waals surface area contributed by atoms with Crippen molar-refractivity contribution in [1.82, 2.24) is 0 Å². The van der Waals surface area contributed by atoms with Crippen molar-refractivity contribution >= 4 is 54.8 Å². The third-order valence-corrected chi connectivity index (χ3v) is 14.3. The van der Waals surface area contributed by atoms with Crippen molar-refractivity contribution in [2.24, 2.45) is 10.9 Å². The van der Waals surface area contributed by atoms with Gasteiger partial charge in [-0.25, -0.2) is 0 Å². The number of hydrogen-bond acceptors (Lipinski definition) is 2. The Morgan fingerprint density at radius 2 is 1.02 bits per heavy atom. The maximum Gasteiger partial charge on any atom is 0.0496 e. The number of benzene rings is 5. The second-order valence-electron chi connectivity index (χ2n) is 12.2. The first-order valence-corrected chi connectivity index (χ1v) is 20.8. The average Bonchev–Trinajstić information content (AvgIpc) is 3.21. The Labute approximate surface area is 303 Å². The number of allylic oxidation sites excluding steroid dienone is 4. The third kappa shape index (κ3) is 10.2. The zero-order chi connectivity index (χ0) is 34.8. The molecule has 2 nitrogen and oxygen atoms in total. The summed E-state index contributed by atoms with van der Waals surface area (Å²) in [7, 11) is -1.09. The van der Waals surface area contributed by atoms with Gasteiger partial charge in [0.1, 0.15) is 0 Å². The number of nitrogens with one attached hydrogen (secondary N) is 1. The van der Waals surface area contributed by atoms with E-state index in [1.165, 1.54) is 64.8 Å². The molecule has 4 heteroatoms. The molecule has 0 radical (unpaired) electrons. The van der Waals surface area contributed by atoms with Gasteiger partial charge in [-0.3, -0.25) is 4.99 Å². The van der Waals surface area contributed by atoms with E-state index < -0.39 is 15.8 Å². The van der Waals surface area contributed by atoms with Crippen LogP contribution in [0.5, 0.6) is 0 Å². The Balaban J connectivity index is 0.000000191. The van der Waals surface area contributed by atoms with Crippen LogP contribution < -0.4 is 26.5 Å². The van der Waals surface area contributed by atoms with Gasteiger partial charge in [0.15, 0.2) is 0 Å². The monoisotopic (exact) mass is 692 g/mol. The van der Waals surface area contributed by atoms with E-state index in [1.54, 1.807) is 0 Å². The standard InChI is InChI=1S/C25H28NP.C19H16NP.C2H6/c1-4-13-22(14-5-1)26-20-21-12-10-11-19-25(21)27(23-15-6-2-7-16-23)24-17-8-3-9-18-24;20-15-16-9-7-8-14-19(16)21(17-10-3-1-4-11-17)18-12-5-2-6-13-18;1-2/h2-3,6-12,15-22,25H,1,4-5,13-14H2;1-15,20H;1-2H3. The Morgan fingerprint density at radius 1 is 0.560 bits per heavy atom. The van der Waals surface area contributed by atoms with Crippen molar-refractivity contribution in [1.29, 1.82) is 5.41 Å². The van der Waals surface area contributed by atoms with E-state index in [4.69, 9.17) is 10.4 Å². The maximum atomic E-state index is 7.69. The van der Waals surface area contributed by atoms with E-state index in [-0.39, 0.29) is 0 Å². The van der Waals surface area contributed by atoms with E-state index in [1.807, 2.05) is 38.1 Å². The van der Waals surface area contributed by atoms with Gasteiger partial charge in [0.05, 0.1) is 0 Å². The van der Waals surface area contributed by atoms with Crippen LogP contribution in [0, 0.1) is 11.3 Å². The second-order valence-corrected chi connectivity index (χ2v) is 16.7. The highest BCUT2D eigenvalue weighted by Crippen LogP contribution is 2.45. The molecule has 0 bridgehead atoms.